The zero-order chi connectivity index (χ0) is 18.4. The Kier molecular flexibility index (Phi) is 6.27. The van der Waals surface area contributed by atoms with Crippen molar-refractivity contribution in [3.63, 3.8) is 0 Å². The van der Waals surface area contributed by atoms with Gasteiger partial charge in [0.1, 0.15) is 11.4 Å². The quantitative estimate of drug-likeness (QED) is 0.812. The number of aliphatic hydroxyl groups is 2. The number of nitrogens with zero attached hydrogens (tertiary/aromatic N) is 2. The van der Waals surface area contributed by atoms with Crippen LogP contribution in [0.3, 0.4) is 0 Å². The highest BCUT2D eigenvalue weighted by Crippen LogP contribution is 2.37. The molecule has 0 heterocycles. The first kappa shape index (κ1) is 19.1. The molecule has 0 aromatic heterocycles. The molecule has 5 heteroatoms. The second kappa shape index (κ2) is 8.21. The van der Waals surface area contributed by atoms with Gasteiger partial charge in [0.25, 0.3) is 0 Å². The van der Waals surface area contributed by atoms with E-state index in [1.165, 1.54) is 12.1 Å². The molecule has 132 valence electrons. The summed E-state index contributed by atoms with van der Waals surface area (Å²) < 4.78 is 13.3. The first-order chi connectivity index (χ1) is 11.9. The zero-order valence-corrected chi connectivity index (χ0v) is 14.5. The van der Waals surface area contributed by atoms with Gasteiger partial charge < -0.3 is 15.1 Å². The highest BCUT2D eigenvalue weighted by molar-refractivity contribution is 5.48. The predicted octanol–water partition coefficient (Wildman–Crippen LogP) is 2.77. The Morgan fingerprint density at radius 1 is 1.16 bits per heavy atom. The number of aliphatic hydroxyl groups excluding tert-OH is 1. The number of benzene rings is 2. The molecule has 0 radical (unpaired) electrons. The fourth-order valence-corrected chi connectivity index (χ4v) is 3.06. The van der Waals surface area contributed by atoms with E-state index >= 15 is 0 Å². The van der Waals surface area contributed by atoms with Crippen molar-refractivity contribution >= 4 is 0 Å². The van der Waals surface area contributed by atoms with Crippen LogP contribution in [0, 0.1) is 17.1 Å². The molecule has 0 saturated heterocycles. The van der Waals surface area contributed by atoms with E-state index in [1.807, 2.05) is 19.0 Å². The molecule has 25 heavy (non-hydrogen) atoms. The molecule has 0 bridgehead atoms. The smallest absolute Gasteiger partial charge is 0.123 e. The van der Waals surface area contributed by atoms with E-state index in [0.29, 0.717) is 35.1 Å². The highest BCUT2D eigenvalue weighted by atomic mass is 19.1. The number of halogens is 1. The van der Waals surface area contributed by atoms with Crippen molar-refractivity contribution in [1.29, 1.82) is 5.26 Å². The van der Waals surface area contributed by atoms with E-state index in [-0.39, 0.29) is 12.4 Å². The van der Waals surface area contributed by atoms with E-state index in [2.05, 4.69) is 6.07 Å². The van der Waals surface area contributed by atoms with Crippen LogP contribution in [0.25, 0.3) is 0 Å². The van der Waals surface area contributed by atoms with Crippen molar-refractivity contribution < 1.29 is 14.6 Å². The van der Waals surface area contributed by atoms with E-state index in [0.717, 1.165) is 6.54 Å². The molecule has 1 atom stereocenters. The van der Waals surface area contributed by atoms with Crippen LogP contribution in [0.1, 0.15) is 35.1 Å². The van der Waals surface area contributed by atoms with Crippen molar-refractivity contribution in [2.75, 3.05) is 20.6 Å². The van der Waals surface area contributed by atoms with Crippen LogP contribution in [0.4, 0.5) is 4.39 Å². The van der Waals surface area contributed by atoms with Crippen molar-refractivity contribution in [3.8, 4) is 6.07 Å². The van der Waals surface area contributed by atoms with Gasteiger partial charge in [0, 0.05) is 5.56 Å². The summed E-state index contributed by atoms with van der Waals surface area (Å²) in [5, 5.41) is 30.6. The van der Waals surface area contributed by atoms with Crippen molar-refractivity contribution in [2.24, 2.45) is 0 Å². The lowest BCUT2D eigenvalue weighted by Crippen LogP contribution is -2.30. The minimum atomic E-state index is -1.41. The van der Waals surface area contributed by atoms with Gasteiger partial charge in [-0.05, 0) is 62.8 Å². The normalized spacial score (nSPS) is 13.5. The molecular weight excluding hydrogens is 319 g/mol. The summed E-state index contributed by atoms with van der Waals surface area (Å²) in [7, 11) is 3.90. The third-order valence-corrected chi connectivity index (χ3v) is 4.37. The third kappa shape index (κ3) is 4.23. The van der Waals surface area contributed by atoms with Crippen LogP contribution in [0.15, 0.2) is 42.5 Å². The predicted molar refractivity (Wildman–Crippen MR) is 94.3 cm³/mol. The standard InChI is InChI=1S/C20H23FN2O2/c1-23(2)12-4-11-20(25,16-7-9-17(21)10-8-16)19-6-3-5-15(13-22)18(19)14-24/h3,5-10,24-25H,4,11-12,14H2,1-2H3/t20-/m0/s1. The van der Waals surface area contributed by atoms with Crippen molar-refractivity contribution in [3.05, 3.63) is 70.5 Å². The summed E-state index contributed by atoms with van der Waals surface area (Å²) in [6.45, 7) is 0.423. The average Bonchev–Trinajstić information content (AvgIpc) is 2.60. The molecule has 4 nitrogen and oxygen atoms in total. The first-order valence-corrected chi connectivity index (χ1v) is 8.19. The van der Waals surface area contributed by atoms with Gasteiger partial charge in [-0.15, -0.1) is 0 Å². The molecule has 2 aromatic rings. The SMILES string of the molecule is CN(C)CCC[C@](O)(c1ccc(F)cc1)c1cccc(C#N)c1CO. The molecular formula is C20H23FN2O2. The van der Waals surface area contributed by atoms with Gasteiger partial charge in [-0.1, -0.05) is 24.3 Å². The fraction of sp³-hybridized carbons (Fsp3) is 0.350. The van der Waals surface area contributed by atoms with E-state index in [4.69, 9.17) is 0 Å². The number of rotatable bonds is 7. The van der Waals surface area contributed by atoms with Gasteiger partial charge >= 0.3 is 0 Å². The van der Waals surface area contributed by atoms with E-state index in [1.54, 1.807) is 30.3 Å². The molecule has 0 spiro atoms. The lowest BCUT2D eigenvalue weighted by atomic mass is 9.79. The van der Waals surface area contributed by atoms with Crippen LogP contribution >= 0.6 is 0 Å². The van der Waals surface area contributed by atoms with Gasteiger partial charge in [0.05, 0.1) is 18.2 Å². The van der Waals surface area contributed by atoms with Crippen molar-refractivity contribution in [2.45, 2.75) is 25.0 Å². The lowest BCUT2D eigenvalue weighted by Gasteiger charge is -2.32. The molecule has 0 aliphatic carbocycles. The molecule has 2 N–H and O–H groups in total. The largest absolute Gasteiger partial charge is 0.392 e. The maximum atomic E-state index is 13.3. The molecule has 0 aliphatic rings. The summed E-state index contributed by atoms with van der Waals surface area (Å²) in [5.74, 6) is -0.382. The van der Waals surface area contributed by atoms with Gasteiger partial charge in [0.2, 0.25) is 0 Å². The second-order valence-electron chi connectivity index (χ2n) is 6.38. The Morgan fingerprint density at radius 2 is 1.84 bits per heavy atom. The van der Waals surface area contributed by atoms with Gasteiger partial charge in [-0.2, -0.15) is 5.26 Å². The van der Waals surface area contributed by atoms with Gasteiger partial charge in [0.15, 0.2) is 0 Å². The Hall–Kier alpha value is -2.26. The summed E-state index contributed by atoms with van der Waals surface area (Å²) >= 11 is 0. The summed E-state index contributed by atoms with van der Waals surface area (Å²) in [4.78, 5) is 2.02. The second-order valence-corrected chi connectivity index (χ2v) is 6.38. The number of hydrogen-bond donors (Lipinski definition) is 2. The highest BCUT2D eigenvalue weighted by Gasteiger charge is 2.34. The summed E-state index contributed by atoms with van der Waals surface area (Å²) in [6, 6.07) is 12.8. The number of hydrogen-bond acceptors (Lipinski definition) is 4. The molecule has 2 rings (SSSR count). The van der Waals surface area contributed by atoms with Crippen LogP contribution in [0.2, 0.25) is 0 Å². The average molecular weight is 342 g/mol. The maximum Gasteiger partial charge on any atom is 0.123 e. The third-order valence-electron chi connectivity index (χ3n) is 4.37. The Bertz CT molecular complexity index is 753. The van der Waals surface area contributed by atoms with Crippen LogP contribution in [-0.2, 0) is 12.2 Å². The van der Waals surface area contributed by atoms with Crippen LogP contribution in [0.5, 0.6) is 0 Å². The molecule has 0 unspecified atom stereocenters. The van der Waals surface area contributed by atoms with E-state index in [9.17, 15) is 19.9 Å². The molecule has 0 amide bonds. The molecule has 0 aliphatic heterocycles. The maximum absolute atomic E-state index is 13.3. The summed E-state index contributed by atoms with van der Waals surface area (Å²) in [5.41, 5.74) is 0.348. The molecule has 0 saturated carbocycles. The monoisotopic (exact) mass is 342 g/mol. The molecule has 0 fully saturated rings. The van der Waals surface area contributed by atoms with E-state index < -0.39 is 5.60 Å². The minimum Gasteiger partial charge on any atom is -0.392 e. The van der Waals surface area contributed by atoms with Gasteiger partial charge in [-0.3, -0.25) is 0 Å². The van der Waals surface area contributed by atoms with Crippen LogP contribution < -0.4 is 0 Å². The number of nitriles is 1. The van der Waals surface area contributed by atoms with Crippen molar-refractivity contribution in [1.82, 2.24) is 4.90 Å². The zero-order valence-electron chi connectivity index (χ0n) is 14.5. The lowest BCUT2D eigenvalue weighted by molar-refractivity contribution is 0.0640. The Labute approximate surface area is 147 Å². The topological polar surface area (TPSA) is 67.5 Å². The molecule has 2 aromatic carbocycles. The summed E-state index contributed by atoms with van der Waals surface area (Å²) in [6.07, 6.45) is 1.08. The Morgan fingerprint density at radius 3 is 2.40 bits per heavy atom. The minimum absolute atomic E-state index is 0.327. The first-order valence-electron chi connectivity index (χ1n) is 8.19. The fourth-order valence-electron chi connectivity index (χ4n) is 3.06. The van der Waals surface area contributed by atoms with Crippen LogP contribution in [-0.4, -0.2) is 35.8 Å². The van der Waals surface area contributed by atoms with Gasteiger partial charge in [-0.25, -0.2) is 4.39 Å². The Balaban J connectivity index is 2.55.